The number of rotatable bonds is 1. The van der Waals surface area contributed by atoms with Gasteiger partial charge in [0.15, 0.2) is 0 Å². The molecule has 0 unspecified atom stereocenters. The van der Waals surface area contributed by atoms with Crippen LogP contribution in [0.1, 0.15) is 12.8 Å². The molecule has 0 bridgehead atoms. The minimum Gasteiger partial charge on any atom is -0.418 e. The van der Waals surface area contributed by atoms with Crippen LogP contribution in [-0.4, -0.2) is 33.5 Å². The molecule has 1 rings (SSSR count). The molecule has 0 spiro atoms. The van der Waals surface area contributed by atoms with Crippen molar-refractivity contribution in [2.24, 2.45) is 5.92 Å². The minimum atomic E-state index is -6.00. The van der Waals surface area contributed by atoms with Gasteiger partial charge in [0, 0.05) is 6.61 Å². The molecule has 1 N–H and O–H groups in total. The van der Waals surface area contributed by atoms with E-state index in [9.17, 15) is 51.8 Å². The first kappa shape index (κ1) is 24.3. The molecule has 1 aliphatic rings. The lowest BCUT2D eigenvalue weighted by Crippen LogP contribution is -2.02. The average Bonchev–Trinajstić information content (AvgIpc) is 2.74. The number of hydrogen-bond acceptors (Lipinski definition) is 1. The van der Waals surface area contributed by atoms with Crippen LogP contribution in [0.2, 0.25) is 0 Å². The zero-order chi connectivity index (χ0) is 17.2. The monoisotopic (exact) mass is 333 g/mol. The molecule has 0 aromatic carbocycles. The van der Waals surface area contributed by atoms with Crippen molar-refractivity contribution in [2.45, 2.75) is 12.8 Å². The van der Waals surface area contributed by atoms with Gasteiger partial charge in [-0.3, -0.25) is 0 Å². The lowest BCUT2D eigenvalue weighted by atomic mass is 10.3. The molecule has 1 aliphatic carbocycles. The topological polar surface area (TPSA) is 20.2 Å². The summed E-state index contributed by atoms with van der Waals surface area (Å²) in [5, 5.41) is 8.21. The number of aliphatic hydroxyl groups is 1. The third kappa shape index (κ3) is 248. The van der Waals surface area contributed by atoms with Gasteiger partial charge in [-0.05, 0) is 18.8 Å². The summed E-state index contributed by atoms with van der Waals surface area (Å²) in [5.74, 6) is 0.690. The summed E-state index contributed by atoms with van der Waals surface area (Å²) in [4.78, 5) is 0. The molecule has 1 saturated carbocycles. The van der Waals surface area contributed by atoms with Crippen molar-refractivity contribution in [2.75, 3.05) is 6.61 Å². The fourth-order valence-electron chi connectivity index (χ4n) is 0.300. The Morgan fingerprint density at radius 3 is 0.750 bits per heavy atom. The van der Waals surface area contributed by atoms with E-state index in [1.807, 2.05) is 0 Å². The van der Waals surface area contributed by atoms with Gasteiger partial charge < -0.3 is 56.9 Å². The molecule has 1 fully saturated rings. The van der Waals surface area contributed by atoms with Gasteiger partial charge in [-0.1, -0.05) is 0 Å². The summed E-state index contributed by atoms with van der Waals surface area (Å²) in [6.45, 7) is 0.417. The molecule has 0 heterocycles. The highest BCUT2D eigenvalue weighted by Gasteiger charge is 2.21. The van der Waals surface area contributed by atoms with Crippen molar-refractivity contribution >= 4 is 21.8 Å². The molecular weight excluding hydrogens is 324 g/mol. The minimum absolute atomic E-state index is 0.417. The summed E-state index contributed by atoms with van der Waals surface area (Å²) < 4.78 is 117. The molecule has 0 aliphatic heterocycles. The van der Waals surface area contributed by atoms with Crippen molar-refractivity contribution in [3.05, 3.63) is 0 Å². The molecular formula is C4H8B3F12O-3. The maximum absolute atomic E-state index is 9.75. The second-order valence-electron chi connectivity index (χ2n) is 3.11. The summed E-state index contributed by atoms with van der Waals surface area (Å²) in [7, 11) is -18.0. The summed E-state index contributed by atoms with van der Waals surface area (Å²) >= 11 is 0. The van der Waals surface area contributed by atoms with Gasteiger partial charge in [0.1, 0.15) is 0 Å². The van der Waals surface area contributed by atoms with Gasteiger partial charge in [-0.2, -0.15) is 0 Å². The molecule has 0 aromatic rings. The van der Waals surface area contributed by atoms with Crippen LogP contribution in [0.4, 0.5) is 51.8 Å². The van der Waals surface area contributed by atoms with Gasteiger partial charge in [0.2, 0.25) is 0 Å². The highest BCUT2D eigenvalue weighted by atomic mass is 19.5. The number of aliphatic hydroxyl groups excluding tert-OH is 1. The first-order valence-corrected chi connectivity index (χ1v) is 4.66. The zero-order valence-electron chi connectivity index (χ0n) is 9.41. The van der Waals surface area contributed by atoms with E-state index in [0.29, 0.717) is 12.5 Å². The van der Waals surface area contributed by atoms with Crippen molar-refractivity contribution in [1.29, 1.82) is 0 Å². The Kier molecular flexibility index (Phi) is 12.3. The lowest BCUT2D eigenvalue weighted by molar-refractivity contribution is 0.277. The molecule has 20 heavy (non-hydrogen) atoms. The smallest absolute Gasteiger partial charge is 0.418 e. The lowest BCUT2D eigenvalue weighted by Gasteiger charge is -1.94. The molecule has 0 amide bonds. The molecule has 1 nitrogen and oxygen atoms in total. The van der Waals surface area contributed by atoms with Crippen LogP contribution in [0, 0.1) is 5.92 Å². The van der Waals surface area contributed by atoms with Crippen LogP contribution < -0.4 is 0 Å². The summed E-state index contributed by atoms with van der Waals surface area (Å²) in [5.41, 5.74) is 0. The van der Waals surface area contributed by atoms with E-state index < -0.39 is 21.8 Å². The molecule has 0 saturated heterocycles. The predicted octanol–water partition coefficient (Wildman–Crippen LogP) is 4.29. The second kappa shape index (κ2) is 10.1. The third-order valence-electron chi connectivity index (χ3n) is 0.955. The van der Waals surface area contributed by atoms with Gasteiger partial charge in [0.05, 0.1) is 0 Å². The zero-order valence-corrected chi connectivity index (χ0v) is 9.41. The van der Waals surface area contributed by atoms with Gasteiger partial charge >= 0.3 is 21.8 Å². The molecule has 0 radical (unpaired) electrons. The van der Waals surface area contributed by atoms with Crippen LogP contribution in [0.15, 0.2) is 0 Å². The highest BCUT2D eigenvalue weighted by molar-refractivity contribution is 6.50. The van der Waals surface area contributed by atoms with E-state index in [4.69, 9.17) is 5.11 Å². The SMILES string of the molecule is F[B-](F)(F)F.F[B-](F)(F)F.F[B-](F)(F)F.OCC1CC1. The van der Waals surface area contributed by atoms with E-state index >= 15 is 0 Å². The van der Waals surface area contributed by atoms with Crippen molar-refractivity contribution in [1.82, 2.24) is 0 Å². The van der Waals surface area contributed by atoms with Crippen LogP contribution in [-0.2, 0) is 0 Å². The average molecular weight is 333 g/mol. The van der Waals surface area contributed by atoms with E-state index in [1.165, 1.54) is 12.8 Å². The molecule has 16 heteroatoms. The normalized spacial score (nSPS) is 14.8. The number of hydrogen-bond donors (Lipinski definition) is 1. The van der Waals surface area contributed by atoms with E-state index in [-0.39, 0.29) is 0 Å². The van der Waals surface area contributed by atoms with Gasteiger partial charge in [0.25, 0.3) is 0 Å². The fraction of sp³-hybridized carbons (Fsp3) is 1.00. The maximum atomic E-state index is 9.75. The largest absolute Gasteiger partial charge is 0.673 e. The van der Waals surface area contributed by atoms with Crippen molar-refractivity contribution in [3.8, 4) is 0 Å². The van der Waals surface area contributed by atoms with E-state index in [0.717, 1.165) is 0 Å². The maximum Gasteiger partial charge on any atom is 0.673 e. The van der Waals surface area contributed by atoms with Crippen LogP contribution in [0.25, 0.3) is 0 Å². The number of halogens is 12. The second-order valence-corrected chi connectivity index (χ2v) is 3.11. The van der Waals surface area contributed by atoms with Crippen LogP contribution >= 0.6 is 0 Å². The van der Waals surface area contributed by atoms with Crippen LogP contribution in [0.5, 0.6) is 0 Å². The Hall–Kier alpha value is -0.685. The third-order valence-corrected chi connectivity index (χ3v) is 0.955. The van der Waals surface area contributed by atoms with Crippen molar-refractivity contribution < 1.29 is 56.9 Å². The van der Waals surface area contributed by atoms with Crippen LogP contribution in [0.3, 0.4) is 0 Å². The standard InChI is InChI=1S/C4H8O.3BF4/c5-3-4-1-2-4;3*2-1(3,4)5/h4-5H,1-3H2;;;/q;3*-1. The fourth-order valence-corrected chi connectivity index (χ4v) is 0.300. The summed E-state index contributed by atoms with van der Waals surface area (Å²) in [6, 6.07) is 0. The Balaban J connectivity index is -0.000000193. The highest BCUT2D eigenvalue weighted by Crippen LogP contribution is 2.27. The van der Waals surface area contributed by atoms with Gasteiger partial charge in [-0.25, -0.2) is 0 Å². The Bertz CT molecular complexity index is 172. The molecule has 0 aromatic heterocycles. The van der Waals surface area contributed by atoms with E-state index in [1.54, 1.807) is 0 Å². The van der Waals surface area contributed by atoms with Gasteiger partial charge in [-0.15, -0.1) is 0 Å². The predicted molar refractivity (Wildman–Crippen MR) is 50.4 cm³/mol. The van der Waals surface area contributed by atoms with E-state index in [2.05, 4.69) is 0 Å². The Morgan fingerprint density at radius 1 is 0.600 bits per heavy atom. The molecule has 126 valence electrons. The first-order valence-electron chi connectivity index (χ1n) is 4.66. The van der Waals surface area contributed by atoms with Crippen molar-refractivity contribution in [3.63, 3.8) is 0 Å². The summed E-state index contributed by atoms with van der Waals surface area (Å²) in [6.07, 6.45) is 2.52. The Labute approximate surface area is 105 Å². The quantitative estimate of drug-likeness (QED) is 0.561. The molecule has 0 atom stereocenters. The first-order chi connectivity index (χ1) is 8.43. The Morgan fingerprint density at radius 2 is 0.750 bits per heavy atom.